The van der Waals surface area contributed by atoms with Gasteiger partial charge in [-0.15, -0.1) is 0 Å². The van der Waals surface area contributed by atoms with Crippen molar-refractivity contribution in [2.24, 2.45) is 5.41 Å². The molecule has 0 spiro atoms. The van der Waals surface area contributed by atoms with Crippen molar-refractivity contribution in [1.82, 2.24) is 0 Å². The zero-order chi connectivity index (χ0) is 14.6. The highest BCUT2D eigenvalue weighted by atomic mass is 35.5. The minimum atomic E-state index is -0.689. The number of carboxylic acids is 1. The van der Waals surface area contributed by atoms with Crippen molar-refractivity contribution in [2.75, 3.05) is 0 Å². The van der Waals surface area contributed by atoms with Crippen molar-refractivity contribution < 1.29 is 9.90 Å². The van der Waals surface area contributed by atoms with Crippen LogP contribution in [0.25, 0.3) is 0 Å². The number of hydrogen-bond donors (Lipinski definition) is 1. The SMILES string of the molecule is O=C(O)C1(Cc2ccc(Cl)cc2Cl)CCCCCCC1. The Labute approximate surface area is 130 Å². The normalized spacial score (nSPS) is 19.1. The number of carboxylic acid groups (broad SMARTS) is 1. The van der Waals surface area contributed by atoms with Gasteiger partial charge in [-0.3, -0.25) is 4.79 Å². The summed E-state index contributed by atoms with van der Waals surface area (Å²) < 4.78 is 0. The third kappa shape index (κ3) is 3.67. The molecular formula is C16H20Cl2O2. The topological polar surface area (TPSA) is 37.3 Å². The Morgan fingerprint density at radius 1 is 1.10 bits per heavy atom. The minimum absolute atomic E-state index is 0.498. The fraction of sp³-hybridized carbons (Fsp3) is 0.562. The van der Waals surface area contributed by atoms with Gasteiger partial charge >= 0.3 is 5.97 Å². The Hall–Kier alpha value is -0.730. The van der Waals surface area contributed by atoms with Crippen molar-refractivity contribution in [3.05, 3.63) is 33.8 Å². The number of halogens is 2. The highest BCUT2D eigenvalue weighted by molar-refractivity contribution is 6.35. The van der Waals surface area contributed by atoms with E-state index in [1.165, 1.54) is 6.42 Å². The molecule has 1 fully saturated rings. The third-order valence-electron chi connectivity index (χ3n) is 4.31. The molecule has 0 bridgehead atoms. The molecule has 0 aliphatic heterocycles. The van der Waals surface area contributed by atoms with Crippen LogP contribution in [0.3, 0.4) is 0 Å². The van der Waals surface area contributed by atoms with E-state index < -0.39 is 11.4 Å². The largest absolute Gasteiger partial charge is 0.481 e. The van der Waals surface area contributed by atoms with Crippen molar-refractivity contribution >= 4 is 29.2 Å². The summed E-state index contributed by atoms with van der Waals surface area (Å²) in [6.45, 7) is 0. The highest BCUT2D eigenvalue weighted by Gasteiger charge is 2.38. The first-order valence-electron chi connectivity index (χ1n) is 7.21. The second-order valence-electron chi connectivity index (χ2n) is 5.77. The summed E-state index contributed by atoms with van der Waals surface area (Å²) in [4.78, 5) is 11.9. The fourth-order valence-corrected chi connectivity index (χ4v) is 3.55. The smallest absolute Gasteiger partial charge is 0.309 e. The van der Waals surface area contributed by atoms with Gasteiger partial charge in [0.2, 0.25) is 0 Å². The molecule has 4 heteroatoms. The molecule has 110 valence electrons. The van der Waals surface area contributed by atoms with Crippen LogP contribution >= 0.6 is 23.2 Å². The maximum Gasteiger partial charge on any atom is 0.309 e. The van der Waals surface area contributed by atoms with E-state index in [0.29, 0.717) is 16.5 Å². The summed E-state index contributed by atoms with van der Waals surface area (Å²) in [5, 5.41) is 10.9. The Balaban J connectivity index is 2.25. The minimum Gasteiger partial charge on any atom is -0.481 e. The van der Waals surface area contributed by atoms with Gasteiger partial charge in [0.05, 0.1) is 5.41 Å². The van der Waals surface area contributed by atoms with Gasteiger partial charge in [-0.1, -0.05) is 61.4 Å². The quantitative estimate of drug-likeness (QED) is 0.816. The molecule has 1 aliphatic carbocycles. The van der Waals surface area contributed by atoms with Crippen molar-refractivity contribution in [3.8, 4) is 0 Å². The number of aliphatic carboxylic acids is 1. The van der Waals surface area contributed by atoms with Crippen LogP contribution in [0.5, 0.6) is 0 Å². The molecule has 0 aromatic heterocycles. The monoisotopic (exact) mass is 314 g/mol. The fourth-order valence-electron chi connectivity index (χ4n) is 3.08. The number of carbonyl (C=O) groups is 1. The van der Waals surface area contributed by atoms with Gasteiger partial charge in [0.25, 0.3) is 0 Å². The van der Waals surface area contributed by atoms with Gasteiger partial charge in [-0.25, -0.2) is 0 Å². The predicted molar refractivity (Wildman–Crippen MR) is 82.6 cm³/mol. The Bertz CT molecular complexity index is 477. The average Bonchev–Trinajstić information content (AvgIpc) is 2.35. The summed E-state index contributed by atoms with van der Waals surface area (Å²) in [7, 11) is 0. The number of benzene rings is 1. The number of rotatable bonds is 3. The predicted octanol–water partition coefficient (Wildman–Crippen LogP) is 5.35. The van der Waals surface area contributed by atoms with Crippen LogP contribution in [0.2, 0.25) is 10.0 Å². The lowest BCUT2D eigenvalue weighted by Crippen LogP contribution is -2.34. The first-order valence-corrected chi connectivity index (χ1v) is 7.96. The van der Waals surface area contributed by atoms with Crippen molar-refractivity contribution in [1.29, 1.82) is 0 Å². The van der Waals surface area contributed by atoms with Gasteiger partial charge in [0.1, 0.15) is 0 Å². The van der Waals surface area contributed by atoms with E-state index in [4.69, 9.17) is 23.2 Å². The average molecular weight is 315 g/mol. The standard InChI is InChI=1S/C16H20Cl2O2/c17-13-7-6-12(14(18)10-13)11-16(15(19)20)8-4-2-1-3-5-9-16/h6-7,10H,1-5,8-9,11H2,(H,19,20). The second kappa shape index (κ2) is 6.82. The summed E-state index contributed by atoms with van der Waals surface area (Å²) in [5.74, 6) is -0.689. The van der Waals surface area contributed by atoms with Gasteiger partial charge < -0.3 is 5.11 Å². The van der Waals surface area contributed by atoms with Crippen LogP contribution in [0.1, 0.15) is 50.5 Å². The summed E-state index contributed by atoms with van der Waals surface area (Å²) in [6, 6.07) is 5.33. The summed E-state index contributed by atoms with van der Waals surface area (Å²) >= 11 is 12.1. The van der Waals surface area contributed by atoms with Crippen molar-refractivity contribution in [3.63, 3.8) is 0 Å². The summed E-state index contributed by atoms with van der Waals surface area (Å²) in [5.41, 5.74) is 0.219. The first kappa shape index (κ1) is 15.7. The lowest BCUT2D eigenvalue weighted by molar-refractivity contribution is -0.150. The lowest BCUT2D eigenvalue weighted by Gasteiger charge is -2.31. The molecule has 1 aromatic carbocycles. The van der Waals surface area contributed by atoms with E-state index >= 15 is 0 Å². The molecule has 20 heavy (non-hydrogen) atoms. The van der Waals surface area contributed by atoms with Gasteiger partial charge in [0, 0.05) is 10.0 Å². The maximum atomic E-state index is 11.9. The van der Waals surface area contributed by atoms with E-state index in [0.717, 1.165) is 44.1 Å². The number of hydrogen-bond acceptors (Lipinski definition) is 1. The van der Waals surface area contributed by atoms with Crippen LogP contribution in [0.15, 0.2) is 18.2 Å². The van der Waals surface area contributed by atoms with Gasteiger partial charge in [-0.05, 0) is 37.0 Å². The zero-order valence-electron chi connectivity index (χ0n) is 11.5. The lowest BCUT2D eigenvalue weighted by atomic mass is 9.72. The molecule has 0 radical (unpaired) electrons. The molecule has 2 rings (SSSR count). The molecule has 0 heterocycles. The van der Waals surface area contributed by atoms with Crippen LogP contribution in [-0.4, -0.2) is 11.1 Å². The molecule has 2 nitrogen and oxygen atoms in total. The second-order valence-corrected chi connectivity index (χ2v) is 6.61. The van der Waals surface area contributed by atoms with Crippen LogP contribution < -0.4 is 0 Å². The molecule has 0 atom stereocenters. The summed E-state index contributed by atoms with van der Waals surface area (Å²) in [6.07, 6.45) is 7.42. The van der Waals surface area contributed by atoms with Gasteiger partial charge in [-0.2, -0.15) is 0 Å². The van der Waals surface area contributed by atoms with E-state index in [1.54, 1.807) is 12.1 Å². The highest BCUT2D eigenvalue weighted by Crippen LogP contribution is 2.39. The first-order chi connectivity index (χ1) is 9.53. The Morgan fingerprint density at radius 3 is 2.25 bits per heavy atom. The molecule has 1 saturated carbocycles. The van der Waals surface area contributed by atoms with E-state index in [-0.39, 0.29) is 0 Å². The Kier molecular flexibility index (Phi) is 5.34. The molecule has 0 saturated heterocycles. The maximum absolute atomic E-state index is 11.9. The van der Waals surface area contributed by atoms with E-state index in [9.17, 15) is 9.90 Å². The van der Waals surface area contributed by atoms with E-state index in [2.05, 4.69) is 0 Å². The Morgan fingerprint density at radius 2 is 1.70 bits per heavy atom. The van der Waals surface area contributed by atoms with E-state index in [1.807, 2.05) is 6.07 Å². The third-order valence-corrected chi connectivity index (χ3v) is 4.90. The molecule has 1 N–H and O–H groups in total. The van der Waals surface area contributed by atoms with Crippen LogP contribution in [0, 0.1) is 5.41 Å². The van der Waals surface area contributed by atoms with Crippen LogP contribution in [-0.2, 0) is 11.2 Å². The molecule has 1 aromatic rings. The zero-order valence-corrected chi connectivity index (χ0v) is 13.0. The molecule has 0 amide bonds. The van der Waals surface area contributed by atoms with Crippen molar-refractivity contribution in [2.45, 2.75) is 51.4 Å². The molecular weight excluding hydrogens is 295 g/mol. The van der Waals surface area contributed by atoms with Crippen LogP contribution in [0.4, 0.5) is 0 Å². The molecule has 0 unspecified atom stereocenters. The van der Waals surface area contributed by atoms with Gasteiger partial charge in [0.15, 0.2) is 0 Å². The molecule has 1 aliphatic rings.